The van der Waals surface area contributed by atoms with Crippen LogP contribution in [0.2, 0.25) is 0 Å². The Morgan fingerprint density at radius 1 is 1.14 bits per heavy atom. The van der Waals surface area contributed by atoms with Crippen LogP contribution in [0.3, 0.4) is 0 Å². The number of benzene rings is 2. The highest BCUT2D eigenvalue weighted by Crippen LogP contribution is 2.34. The highest BCUT2D eigenvalue weighted by atomic mass is 32.1. The Balaban J connectivity index is 1.97. The van der Waals surface area contributed by atoms with Crippen LogP contribution in [-0.2, 0) is 4.79 Å². The second-order valence-electron chi connectivity index (χ2n) is 4.67. The number of anilines is 1. The first-order chi connectivity index (χ1) is 10.6. The van der Waals surface area contributed by atoms with Crippen molar-refractivity contribution in [3.8, 4) is 10.6 Å². The van der Waals surface area contributed by atoms with Gasteiger partial charge in [0.05, 0.1) is 15.9 Å². The van der Waals surface area contributed by atoms with E-state index < -0.39 is 0 Å². The largest absolute Gasteiger partial charge is 0.332 e. The number of hydrogen-bond donors (Lipinski definition) is 2. The number of para-hydroxylation sites is 2. The van der Waals surface area contributed by atoms with E-state index in [9.17, 15) is 4.79 Å². The lowest BCUT2D eigenvalue weighted by molar-refractivity contribution is -0.117. The molecule has 2 aromatic carbocycles. The zero-order chi connectivity index (χ0) is 15.5. The van der Waals surface area contributed by atoms with E-state index in [1.54, 1.807) is 11.3 Å². The van der Waals surface area contributed by atoms with Crippen molar-refractivity contribution < 1.29 is 4.79 Å². The highest BCUT2D eigenvalue weighted by Gasteiger charge is 2.11. The molecule has 1 aromatic heterocycles. The number of fused-ring (bicyclic) bond motifs is 1. The fourth-order valence-electron chi connectivity index (χ4n) is 2.08. The molecular formula is C16H13N3OS2. The molecule has 0 fully saturated rings. The van der Waals surface area contributed by atoms with E-state index in [0.29, 0.717) is 0 Å². The second kappa shape index (κ2) is 6.21. The quantitative estimate of drug-likeness (QED) is 0.703. The van der Waals surface area contributed by atoms with E-state index in [1.165, 1.54) is 6.92 Å². The number of carbonyl (C=O) groups is 1. The van der Waals surface area contributed by atoms with E-state index in [-0.39, 0.29) is 11.0 Å². The fraction of sp³-hybridized carbons (Fsp3) is 0.0625. The Hall–Kier alpha value is -2.31. The Labute approximate surface area is 137 Å². The molecule has 0 aliphatic heterocycles. The molecule has 22 heavy (non-hydrogen) atoms. The van der Waals surface area contributed by atoms with Gasteiger partial charge in [0.15, 0.2) is 5.11 Å². The maximum atomic E-state index is 11.1. The summed E-state index contributed by atoms with van der Waals surface area (Å²) in [7, 11) is 0. The molecule has 110 valence electrons. The number of thiocarbonyl (C=S) groups is 1. The molecule has 0 radical (unpaired) electrons. The molecule has 2 N–H and O–H groups in total. The first-order valence-corrected chi connectivity index (χ1v) is 7.89. The van der Waals surface area contributed by atoms with Gasteiger partial charge in [0.1, 0.15) is 5.01 Å². The molecule has 1 amide bonds. The maximum absolute atomic E-state index is 11.1. The van der Waals surface area contributed by atoms with E-state index in [2.05, 4.69) is 21.7 Å². The highest BCUT2D eigenvalue weighted by molar-refractivity contribution is 7.80. The molecule has 3 aromatic rings. The van der Waals surface area contributed by atoms with E-state index in [4.69, 9.17) is 12.2 Å². The number of thiazole rings is 1. The molecule has 0 spiro atoms. The van der Waals surface area contributed by atoms with Crippen LogP contribution in [0.25, 0.3) is 20.8 Å². The third-order valence-electron chi connectivity index (χ3n) is 2.99. The summed E-state index contributed by atoms with van der Waals surface area (Å²) in [5.41, 5.74) is 2.75. The lowest BCUT2D eigenvalue weighted by atomic mass is 10.2. The lowest BCUT2D eigenvalue weighted by Gasteiger charge is -2.11. The minimum absolute atomic E-state index is 0.199. The van der Waals surface area contributed by atoms with Gasteiger partial charge in [-0.1, -0.05) is 24.3 Å². The predicted molar refractivity (Wildman–Crippen MR) is 95.1 cm³/mol. The molecule has 6 heteroatoms. The maximum Gasteiger partial charge on any atom is 0.222 e. The number of rotatable bonds is 2. The van der Waals surface area contributed by atoms with Crippen LogP contribution in [0, 0.1) is 0 Å². The van der Waals surface area contributed by atoms with Crippen LogP contribution in [-0.4, -0.2) is 16.0 Å². The summed E-state index contributed by atoms with van der Waals surface area (Å²) < 4.78 is 1.14. The van der Waals surface area contributed by atoms with Gasteiger partial charge in [0.2, 0.25) is 5.91 Å². The van der Waals surface area contributed by atoms with Crippen molar-refractivity contribution in [1.29, 1.82) is 0 Å². The van der Waals surface area contributed by atoms with Gasteiger partial charge < -0.3 is 10.6 Å². The van der Waals surface area contributed by atoms with Crippen LogP contribution in [0.4, 0.5) is 5.69 Å². The number of nitrogens with zero attached hydrogens (tertiary/aromatic N) is 1. The smallest absolute Gasteiger partial charge is 0.222 e. The molecule has 0 saturated heterocycles. The van der Waals surface area contributed by atoms with Crippen molar-refractivity contribution in [1.82, 2.24) is 10.3 Å². The fourth-order valence-corrected chi connectivity index (χ4v) is 3.34. The normalized spacial score (nSPS) is 10.4. The van der Waals surface area contributed by atoms with E-state index in [0.717, 1.165) is 26.5 Å². The Bertz CT molecular complexity index is 824. The van der Waals surface area contributed by atoms with Crippen molar-refractivity contribution in [2.75, 3.05) is 5.32 Å². The molecule has 4 nitrogen and oxygen atoms in total. The Kier molecular flexibility index (Phi) is 4.13. The topological polar surface area (TPSA) is 54.0 Å². The van der Waals surface area contributed by atoms with Gasteiger partial charge in [0, 0.05) is 12.5 Å². The Morgan fingerprint density at radius 2 is 1.86 bits per heavy atom. The SMILES string of the molecule is CC(=O)NC(=S)Nc1ccccc1-c1nc2ccccc2s1. The van der Waals surface area contributed by atoms with Crippen molar-refractivity contribution in [2.24, 2.45) is 0 Å². The summed E-state index contributed by atoms with van der Waals surface area (Å²) in [5, 5.41) is 6.80. The standard InChI is InChI=1S/C16H13N3OS2/c1-10(20)17-16(21)19-12-7-3-2-6-11(12)15-18-13-8-4-5-9-14(13)22-15/h2-9H,1H3,(H2,17,19,20,21). The number of amides is 1. The van der Waals surface area contributed by atoms with Gasteiger partial charge in [-0.05, 0) is 36.5 Å². The molecule has 1 heterocycles. The van der Waals surface area contributed by atoms with Crippen LogP contribution < -0.4 is 10.6 Å². The van der Waals surface area contributed by atoms with Gasteiger partial charge in [-0.3, -0.25) is 4.79 Å². The molecule has 0 atom stereocenters. The molecule has 0 aliphatic carbocycles. The lowest BCUT2D eigenvalue weighted by Crippen LogP contribution is -2.32. The zero-order valence-electron chi connectivity index (χ0n) is 11.8. The molecule has 0 bridgehead atoms. The van der Waals surface area contributed by atoms with Crippen LogP contribution >= 0.6 is 23.6 Å². The predicted octanol–water partition coefficient (Wildman–Crippen LogP) is 3.80. The zero-order valence-corrected chi connectivity index (χ0v) is 13.4. The summed E-state index contributed by atoms with van der Waals surface area (Å²) in [6.45, 7) is 1.42. The van der Waals surface area contributed by atoms with E-state index >= 15 is 0 Å². The van der Waals surface area contributed by atoms with Gasteiger partial charge in [-0.15, -0.1) is 11.3 Å². The molecule has 0 saturated carbocycles. The average Bonchev–Trinajstić information content (AvgIpc) is 2.90. The van der Waals surface area contributed by atoms with Gasteiger partial charge in [-0.25, -0.2) is 4.98 Å². The average molecular weight is 327 g/mol. The van der Waals surface area contributed by atoms with E-state index in [1.807, 2.05) is 42.5 Å². The summed E-state index contributed by atoms with van der Waals surface area (Å²) >= 11 is 6.75. The first kappa shape index (κ1) is 14.6. The van der Waals surface area contributed by atoms with Gasteiger partial charge in [-0.2, -0.15) is 0 Å². The minimum Gasteiger partial charge on any atom is -0.332 e. The monoisotopic (exact) mass is 327 g/mol. The molecule has 3 rings (SSSR count). The number of hydrogen-bond acceptors (Lipinski definition) is 4. The summed E-state index contributed by atoms with van der Waals surface area (Å²) in [5.74, 6) is -0.199. The van der Waals surface area contributed by atoms with Crippen molar-refractivity contribution in [3.63, 3.8) is 0 Å². The number of carbonyl (C=O) groups excluding carboxylic acids is 1. The summed E-state index contributed by atoms with van der Waals surface area (Å²) in [4.78, 5) is 15.7. The van der Waals surface area contributed by atoms with Crippen molar-refractivity contribution in [3.05, 3.63) is 48.5 Å². The van der Waals surface area contributed by atoms with Crippen LogP contribution in [0.5, 0.6) is 0 Å². The third-order valence-corrected chi connectivity index (χ3v) is 4.26. The third kappa shape index (κ3) is 3.13. The Morgan fingerprint density at radius 3 is 2.64 bits per heavy atom. The molecule has 0 unspecified atom stereocenters. The van der Waals surface area contributed by atoms with Gasteiger partial charge >= 0.3 is 0 Å². The summed E-state index contributed by atoms with van der Waals surface area (Å²) in [6.07, 6.45) is 0. The van der Waals surface area contributed by atoms with Crippen LogP contribution in [0.15, 0.2) is 48.5 Å². The van der Waals surface area contributed by atoms with Crippen molar-refractivity contribution >= 4 is 50.5 Å². The van der Waals surface area contributed by atoms with Crippen molar-refractivity contribution in [2.45, 2.75) is 6.92 Å². The minimum atomic E-state index is -0.199. The number of nitrogens with one attached hydrogen (secondary N) is 2. The van der Waals surface area contributed by atoms with Gasteiger partial charge in [0.25, 0.3) is 0 Å². The number of aromatic nitrogens is 1. The summed E-state index contributed by atoms with van der Waals surface area (Å²) in [6, 6.07) is 15.8. The first-order valence-electron chi connectivity index (χ1n) is 6.67. The van der Waals surface area contributed by atoms with Crippen LogP contribution in [0.1, 0.15) is 6.92 Å². The second-order valence-corrected chi connectivity index (χ2v) is 6.11. The molecule has 0 aliphatic rings. The molecular weight excluding hydrogens is 314 g/mol.